The van der Waals surface area contributed by atoms with E-state index in [9.17, 15) is 4.79 Å². The van der Waals surface area contributed by atoms with Crippen molar-refractivity contribution in [1.82, 2.24) is 0 Å². The van der Waals surface area contributed by atoms with E-state index in [0.29, 0.717) is 18.6 Å². The fourth-order valence-electron chi connectivity index (χ4n) is 1.92. The molecule has 0 aliphatic carbocycles. The van der Waals surface area contributed by atoms with Crippen LogP contribution in [0.2, 0.25) is 0 Å². The molecule has 1 heterocycles. The fourth-order valence-corrected chi connectivity index (χ4v) is 2.62. The number of ketones is 1. The number of thiophene rings is 1. The number of aryl methyl sites for hydroxylation is 2. The second-order valence-corrected chi connectivity index (χ2v) is 5.30. The topological polar surface area (TPSA) is 26.3 Å². The molecule has 0 atom stereocenters. The van der Waals surface area contributed by atoms with E-state index in [2.05, 4.69) is 16.8 Å². The minimum atomic E-state index is 0.335. The summed E-state index contributed by atoms with van der Waals surface area (Å²) in [4.78, 5) is 11.8. The Kier molecular flexibility index (Phi) is 5.16. The molecule has 0 aliphatic heterocycles. The maximum atomic E-state index is 11.8. The van der Waals surface area contributed by atoms with E-state index in [4.69, 9.17) is 4.74 Å². The Balaban J connectivity index is 1.73. The van der Waals surface area contributed by atoms with Crippen molar-refractivity contribution in [2.75, 3.05) is 7.11 Å². The zero-order chi connectivity index (χ0) is 13.5. The number of rotatable bonds is 7. The van der Waals surface area contributed by atoms with Crippen LogP contribution in [-0.2, 0) is 17.6 Å². The summed E-state index contributed by atoms with van der Waals surface area (Å²) in [7, 11) is 1.66. The molecule has 19 heavy (non-hydrogen) atoms. The molecule has 0 saturated carbocycles. The lowest BCUT2D eigenvalue weighted by Crippen LogP contribution is -2.01. The van der Waals surface area contributed by atoms with Gasteiger partial charge in [0.15, 0.2) is 0 Å². The van der Waals surface area contributed by atoms with Crippen LogP contribution in [0.15, 0.2) is 41.1 Å². The Morgan fingerprint density at radius 1 is 1.05 bits per heavy atom. The Hall–Kier alpha value is -1.61. The van der Waals surface area contributed by atoms with E-state index < -0.39 is 0 Å². The van der Waals surface area contributed by atoms with Crippen LogP contribution in [-0.4, -0.2) is 12.9 Å². The van der Waals surface area contributed by atoms with Crippen molar-refractivity contribution in [2.45, 2.75) is 25.7 Å². The number of Topliss-reactive ketones (excluding diaryl/α,β-unsaturated/α-hetero) is 1. The molecule has 3 heteroatoms. The monoisotopic (exact) mass is 274 g/mol. The van der Waals surface area contributed by atoms with E-state index in [1.54, 1.807) is 18.4 Å². The van der Waals surface area contributed by atoms with Crippen molar-refractivity contribution in [3.8, 4) is 5.75 Å². The van der Waals surface area contributed by atoms with Gasteiger partial charge in [-0.05, 0) is 52.9 Å². The van der Waals surface area contributed by atoms with Gasteiger partial charge in [-0.2, -0.15) is 11.3 Å². The summed E-state index contributed by atoms with van der Waals surface area (Å²) >= 11 is 1.68. The second-order valence-electron chi connectivity index (χ2n) is 4.52. The molecule has 0 unspecified atom stereocenters. The molecular weight excluding hydrogens is 256 g/mol. The number of ether oxygens (including phenoxy) is 1. The molecule has 2 nitrogen and oxygen atoms in total. The number of carbonyl (C=O) groups is 1. The lowest BCUT2D eigenvalue weighted by molar-refractivity contribution is -0.119. The third-order valence-electron chi connectivity index (χ3n) is 3.12. The van der Waals surface area contributed by atoms with Gasteiger partial charge in [0, 0.05) is 12.8 Å². The first-order valence-corrected chi connectivity index (χ1v) is 7.38. The molecule has 2 rings (SSSR count). The van der Waals surface area contributed by atoms with Crippen LogP contribution in [0.3, 0.4) is 0 Å². The van der Waals surface area contributed by atoms with Crippen LogP contribution in [0.5, 0.6) is 5.75 Å². The third kappa shape index (κ3) is 4.52. The van der Waals surface area contributed by atoms with Gasteiger partial charge in [-0.15, -0.1) is 0 Å². The molecule has 0 N–H and O–H groups in total. The quantitative estimate of drug-likeness (QED) is 0.765. The van der Waals surface area contributed by atoms with Crippen molar-refractivity contribution in [3.05, 3.63) is 52.2 Å². The predicted molar refractivity (Wildman–Crippen MR) is 79.0 cm³/mol. The summed E-state index contributed by atoms with van der Waals surface area (Å²) in [6, 6.07) is 9.99. The van der Waals surface area contributed by atoms with Crippen LogP contribution < -0.4 is 4.74 Å². The highest BCUT2D eigenvalue weighted by atomic mass is 32.1. The van der Waals surface area contributed by atoms with Gasteiger partial charge in [-0.1, -0.05) is 12.1 Å². The van der Waals surface area contributed by atoms with Crippen LogP contribution in [0.4, 0.5) is 0 Å². The largest absolute Gasteiger partial charge is 0.497 e. The van der Waals surface area contributed by atoms with Crippen molar-refractivity contribution >= 4 is 17.1 Å². The van der Waals surface area contributed by atoms with Crippen molar-refractivity contribution in [2.24, 2.45) is 0 Å². The summed E-state index contributed by atoms with van der Waals surface area (Å²) in [5.74, 6) is 1.19. The van der Waals surface area contributed by atoms with Gasteiger partial charge >= 0.3 is 0 Å². The third-order valence-corrected chi connectivity index (χ3v) is 3.86. The first-order chi connectivity index (χ1) is 9.28. The Bertz CT molecular complexity index is 500. The second kappa shape index (κ2) is 7.10. The SMILES string of the molecule is COc1ccc(CCC(=O)CCc2ccsc2)cc1. The predicted octanol–water partition coefficient (Wildman–Crippen LogP) is 3.89. The number of carbonyl (C=O) groups excluding carboxylic acids is 1. The lowest BCUT2D eigenvalue weighted by Gasteiger charge is -2.03. The van der Waals surface area contributed by atoms with Crippen LogP contribution in [0.25, 0.3) is 0 Å². The molecule has 1 aromatic carbocycles. The smallest absolute Gasteiger partial charge is 0.133 e. The van der Waals surface area contributed by atoms with E-state index >= 15 is 0 Å². The molecule has 0 amide bonds. The van der Waals surface area contributed by atoms with Gasteiger partial charge in [0.05, 0.1) is 7.11 Å². The number of benzene rings is 1. The lowest BCUT2D eigenvalue weighted by atomic mass is 10.0. The van der Waals surface area contributed by atoms with Crippen molar-refractivity contribution in [3.63, 3.8) is 0 Å². The zero-order valence-corrected chi connectivity index (χ0v) is 11.9. The highest BCUT2D eigenvalue weighted by Crippen LogP contribution is 2.14. The Labute approximate surface area is 118 Å². The average Bonchev–Trinajstić information content (AvgIpc) is 2.96. The summed E-state index contributed by atoms with van der Waals surface area (Å²) in [6.07, 6.45) is 2.95. The van der Waals surface area contributed by atoms with E-state index in [1.807, 2.05) is 24.3 Å². The highest BCUT2D eigenvalue weighted by molar-refractivity contribution is 7.07. The molecule has 2 aromatic rings. The van der Waals surface area contributed by atoms with Crippen LogP contribution in [0.1, 0.15) is 24.0 Å². The standard InChI is InChI=1S/C16H18O2S/c1-18-16-8-4-13(5-9-16)2-6-15(17)7-3-14-10-11-19-12-14/h4-5,8-12H,2-3,6-7H2,1H3. The molecule has 0 radical (unpaired) electrons. The van der Waals surface area contributed by atoms with Crippen molar-refractivity contribution < 1.29 is 9.53 Å². The molecule has 0 saturated heterocycles. The number of methoxy groups -OCH3 is 1. The van der Waals surface area contributed by atoms with Gasteiger partial charge in [-0.25, -0.2) is 0 Å². The molecule has 0 spiro atoms. The molecular formula is C16H18O2S. The maximum absolute atomic E-state index is 11.8. The summed E-state index contributed by atoms with van der Waals surface area (Å²) in [6.45, 7) is 0. The molecule has 1 aromatic heterocycles. The van der Waals surface area contributed by atoms with Gasteiger partial charge in [0.1, 0.15) is 11.5 Å². The molecule has 0 bridgehead atoms. The van der Waals surface area contributed by atoms with E-state index in [0.717, 1.165) is 18.6 Å². The average molecular weight is 274 g/mol. The number of hydrogen-bond donors (Lipinski definition) is 0. The summed E-state index contributed by atoms with van der Waals surface area (Å²) in [5.41, 5.74) is 2.45. The van der Waals surface area contributed by atoms with Gasteiger partial charge in [0.25, 0.3) is 0 Å². The number of hydrogen-bond acceptors (Lipinski definition) is 3. The summed E-state index contributed by atoms with van der Waals surface area (Å²) in [5, 5.41) is 4.16. The minimum Gasteiger partial charge on any atom is -0.497 e. The van der Waals surface area contributed by atoms with Crippen molar-refractivity contribution in [1.29, 1.82) is 0 Å². The Morgan fingerprint density at radius 2 is 1.74 bits per heavy atom. The zero-order valence-electron chi connectivity index (χ0n) is 11.1. The van der Waals surface area contributed by atoms with E-state index in [1.165, 1.54) is 11.1 Å². The van der Waals surface area contributed by atoms with Gasteiger partial charge < -0.3 is 4.74 Å². The molecule has 100 valence electrons. The minimum absolute atomic E-state index is 0.335. The Morgan fingerprint density at radius 3 is 2.32 bits per heavy atom. The first kappa shape index (κ1) is 13.8. The maximum Gasteiger partial charge on any atom is 0.133 e. The van der Waals surface area contributed by atoms with Crippen LogP contribution >= 0.6 is 11.3 Å². The summed E-state index contributed by atoms with van der Waals surface area (Å²) < 4.78 is 5.11. The first-order valence-electron chi connectivity index (χ1n) is 6.43. The van der Waals surface area contributed by atoms with Gasteiger partial charge in [0.2, 0.25) is 0 Å². The molecule has 0 fully saturated rings. The normalized spacial score (nSPS) is 10.4. The van der Waals surface area contributed by atoms with Gasteiger partial charge in [-0.3, -0.25) is 4.79 Å². The van der Waals surface area contributed by atoms with Crippen LogP contribution in [0, 0.1) is 0 Å². The van der Waals surface area contributed by atoms with E-state index in [-0.39, 0.29) is 0 Å². The highest BCUT2D eigenvalue weighted by Gasteiger charge is 2.04. The fraction of sp³-hybridized carbons (Fsp3) is 0.312. The molecule has 0 aliphatic rings.